The number of thiophene rings is 1. The summed E-state index contributed by atoms with van der Waals surface area (Å²) in [6, 6.07) is 9.68. The average molecular weight is 449 g/mol. The number of anilines is 1. The standard InChI is InChI=1S/C22H23F3N4OS/c1-29(20-19-9-18(10-22(23,24)25)31-21(19)28-13-27-20)17-7-6-16(8-17)26-11-14-2-4-15(12-30)5-3-14/h2-5,9,12-13,16-17,26H,6-8,10-11H2,1H3. The molecule has 2 unspecified atom stereocenters. The van der Waals surface area contributed by atoms with Crippen molar-refractivity contribution >= 4 is 33.7 Å². The first-order valence-electron chi connectivity index (χ1n) is 10.1. The van der Waals surface area contributed by atoms with Crippen LogP contribution in [0.3, 0.4) is 0 Å². The Morgan fingerprint density at radius 2 is 2.00 bits per heavy atom. The van der Waals surface area contributed by atoms with Crippen LogP contribution in [-0.2, 0) is 13.0 Å². The number of halogens is 3. The van der Waals surface area contributed by atoms with Crippen LogP contribution in [0.15, 0.2) is 36.7 Å². The fourth-order valence-corrected chi connectivity index (χ4v) is 5.12. The Bertz CT molecular complexity index is 1050. The molecule has 0 bridgehead atoms. The van der Waals surface area contributed by atoms with Gasteiger partial charge in [0.15, 0.2) is 0 Å². The lowest BCUT2D eigenvalue weighted by molar-refractivity contribution is -0.126. The monoisotopic (exact) mass is 448 g/mol. The van der Waals surface area contributed by atoms with Gasteiger partial charge < -0.3 is 10.2 Å². The number of hydrogen-bond acceptors (Lipinski definition) is 6. The zero-order valence-electron chi connectivity index (χ0n) is 17.0. The third-order valence-electron chi connectivity index (χ3n) is 5.73. The predicted octanol–water partition coefficient (Wildman–Crippen LogP) is 4.76. The van der Waals surface area contributed by atoms with Crippen molar-refractivity contribution in [3.63, 3.8) is 0 Å². The van der Waals surface area contributed by atoms with E-state index < -0.39 is 12.6 Å². The van der Waals surface area contributed by atoms with E-state index in [0.717, 1.165) is 49.0 Å². The highest BCUT2D eigenvalue weighted by molar-refractivity contribution is 7.18. The Kier molecular flexibility index (Phi) is 6.24. The van der Waals surface area contributed by atoms with Gasteiger partial charge in [0.2, 0.25) is 0 Å². The maximum absolute atomic E-state index is 12.8. The molecule has 2 atom stereocenters. The number of carbonyl (C=O) groups is 1. The lowest BCUT2D eigenvalue weighted by Gasteiger charge is -2.26. The molecule has 3 aromatic rings. The SMILES string of the molecule is CN(c1ncnc2sc(CC(F)(F)F)cc12)C1CCC(NCc2ccc(C=O)cc2)C1. The predicted molar refractivity (Wildman–Crippen MR) is 116 cm³/mol. The third kappa shape index (κ3) is 5.22. The number of carbonyl (C=O) groups excluding carboxylic acids is 1. The molecule has 2 heterocycles. The summed E-state index contributed by atoms with van der Waals surface area (Å²) in [4.78, 5) is 22.2. The summed E-state index contributed by atoms with van der Waals surface area (Å²) in [7, 11) is 1.95. The number of fused-ring (bicyclic) bond motifs is 1. The van der Waals surface area contributed by atoms with Crippen LogP contribution >= 0.6 is 11.3 Å². The number of nitrogens with zero attached hydrogens (tertiary/aromatic N) is 3. The van der Waals surface area contributed by atoms with Gasteiger partial charge in [-0.3, -0.25) is 4.79 Å². The summed E-state index contributed by atoms with van der Waals surface area (Å²) in [5, 5.41) is 4.25. The molecule has 0 aliphatic heterocycles. The highest BCUT2D eigenvalue weighted by Crippen LogP contribution is 2.35. The molecular weight excluding hydrogens is 425 g/mol. The van der Waals surface area contributed by atoms with Crippen LogP contribution in [0, 0.1) is 0 Å². The van der Waals surface area contributed by atoms with Crippen LogP contribution < -0.4 is 10.2 Å². The van der Waals surface area contributed by atoms with E-state index in [1.165, 1.54) is 6.33 Å². The van der Waals surface area contributed by atoms with Crippen LogP contribution in [0.5, 0.6) is 0 Å². The van der Waals surface area contributed by atoms with Crippen molar-refractivity contribution in [2.45, 2.75) is 50.5 Å². The summed E-state index contributed by atoms with van der Waals surface area (Å²) in [6.45, 7) is 0.726. The van der Waals surface area contributed by atoms with Gasteiger partial charge in [-0.1, -0.05) is 24.3 Å². The number of hydrogen-bond donors (Lipinski definition) is 1. The number of rotatable bonds is 7. The minimum absolute atomic E-state index is 0.249. The first-order valence-corrected chi connectivity index (χ1v) is 10.9. The molecule has 0 amide bonds. The number of nitrogens with one attached hydrogen (secondary N) is 1. The van der Waals surface area contributed by atoms with Gasteiger partial charge in [-0.25, -0.2) is 9.97 Å². The molecule has 1 aliphatic rings. The highest BCUT2D eigenvalue weighted by atomic mass is 32.1. The van der Waals surface area contributed by atoms with Crippen LogP contribution in [0.1, 0.15) is 40.1 Å². The van der Waals surface area contributed by atoms with Gasteiger partial charge in [-0.05, 0) is 30.9 Å². The Balaban J connectivity index is 1.41. The summed E-state index contributed by atoms with van der Waals surface area (Å²) in [6.07, 6.45) is -0.0114. The first-order chi connectivity index (χ1) is 14.8. The molecule has 0 radical (unpaired) electrons. The van der Waals surface area contributed by atoms with Gasteiger partial charge in [0.1, 0.15) is 23.3 Å². The second-order valence-corrected chi connectivity index (χ2v) is 9.05. The highest BCUT2D eigenvalue weighted by Gasteiger charge is 2.31. The van der Waals surface area contributed by atoms with Gasteiger partial charge in [0, 0.05) is 36.1 Å². The van der Waals surface area contributed by atoms with Crippen molar-refractivity contribution in [2.24, 2.45) is 0 Å². The maximum atomic E-state index is 12.8. The third-order valence-corrected chi connectivity index (χ3v) is 6.77. The number of aldehydes is 1. The summed E-state index contributed by atoms with van der Waals surface area (Å²) in [5.74, 6) is 0.685. The second-order valence-electron chi connectivity index (χ2n) is 7.94. The lowest BCUT2D eigenvalue weighted by Crippen LogP contribution is -2.33. The van der Waals surface area contributed by atoms with E-state index in [-0.39, 0.29) is 10.9 Å². The Hall–Kier alpha value is -2.52. The van der Waals surface area contributed by atoms with Crippen molar-refractivity contribution in [3.05, 3.63) is 52.7 Å². The zero-order chi connectivity index (χ0) is 22.0. The molecule has 1 aliphatic carbocycles. The molecule has 1 fully saturated rings. The van der Waals surface area contributed by atoms with Gasteiger partial charge in [0.05, 0.1) is 11.8 Å². The molecule has 0 saturated heterocycles. The molecule has 164 valence electrons. The van der Waals surface area contributed by atoms with Gasteiger partial charge in [-0.15, -0.1) is 11.3 Å². The van der Waals surface area contributed by atoms with Crippen molar-refractivity contribution in [2.75, 3.05) is 11.9 Å². The molecule has 9 heteroatoms. The minimum Gasteiger partial charge on any atom is -0.356 e. The number of aromatic nitrogens is 2. The van der Waals surface area contributed by atoms with E-state index in [2.05, 4.69) is 20.2 Å². The van der Waals surface area contributed by atoms with Crippen LogP contribution in [0.4, 0.5) is 19.0 Å². The molecule has 1 saturated carbocycles. The summed E-state index contributed by atoms with van der Waals surface area (Å²) >= 11 is 1.08. The first kappa shape index (κ1) is 21.7. The van der Waals surface area contributed by atoms with Crippen molar-refractivity contribution < 1.29 is 18.0 Å². The largest absolute Gasteiger partial charge is 0.393 e. The Morgan fingerprint density at radius 1 is 1.23 bits per heavy atom. The van der Waals surface area contributed by atoms with Crippen LogP contribution in [0.25, 0.3) is 10.2 Å². The molecule has 1 N–H and O–H groups in total. The second kappa shape index (κ2) is 8.92. The molecule has 1 aromatic carbocycles. The molecule has 0 spiro atoms. The van der Waals surface area contributed by atoms with Crippen molar-refractivity contribution in [1.82, 2.24) is 15.3 Å². The topological polar surface area (TPSA) is 58.1 Å². The van der Waals surface area contributed by atoms with Gasteiger partial charge >= 0.3 is 6.18 Å². The van der Waals surface area contributed by atoms with E-state index in [1.54, 1.807) is 6.07 Å². The molecule has 5 nitrogen and oxygen atoms in total. The smallest absolute Gasteiger partial charge is 0.356 e. The summed E-state index contributed by atoms with van der Waals surface area (Å²) < 4.78 is 38.4. The molecule has 31 heavy (non-hydrogen) atoms. The van der Waals surface area contributed by atoms with Gasteiger partial charge in [-0.2, -0.15) is 13.2 Å². The normalized spacial score (nSPS) is 19.1. The van der Waals surface area contributed by atoms with Gasteiger partial charge in [0.25, 0.3) is 0 Å². The zero-order valence-corrected chi connectivity index (χ0v) is 17.8. The van der Waals surface area contributed by atoms with E-state index in [1.807, 2.05) is 31.3 Å². The molecule has 4 rings (SSSR count). The molecule has 2 aromatic heterocycles. The lowest BCUT2D eigenvalue weighted by atomic mass is 10.1. The average Bonchev–Trinajstić information content (AvgIpc) is 3.37. The Morgan fingerprint density at radius 3 is 2.71 bits per heavy atom. The minimum atomic E-state index is -4.24. The van der Waals surface area contributed by atoms with E-state index in [0.29, 0.717) is 27.6 Å². The number of benzene rings is 1. The summed E-state index contributed by atoms with van der Waals surface area (Å²) in [5.41, 5.74) is 1.78. The van der Waals surface area contributed by atoms with Crippen molar-refractivity contribution in [3.8, 4) is 0 Å². The number of alkyl halides is 3. The van der Waals surface area contributed by atoms with Crippen LogP contribution in [0.2, 0.25) is 0 Å². The van der Waals surface area contributed by atoms with E-state index in [4.69, 9.17) is 0 Å². The van der Waals surface area contributed by atoms with E-state index in [9.17, 15) is 18.0 Å². The Labute approximate surface area is 182 Å². The van der Waals surface area contributed by atoms with Crippen molar-refractivity contribution in [1.29, 1.82) is 0 Å². The quantitative estimate of drug-likeness (QED) is 0.529. The van der Waals surface area contributed by atoms with Crippen LogP contribution in [-0.4, -0.2) is 41.6 Å². The maximum Gasteiger partial charge on any atom is 0.393 e. The fourth-order valence-electron chi connectivity index (χ4n) is 4.10. The van der Waals surface area contributed by atoms with E-state index >= 15 is 0 Å². The molecular formula is C22H23F3N4OS. The fraction of sp³-hybridized carbons (Fsp3) is 0.409.